The number of fused-ring (bicyclic) bond motifs is 3. The van der Waals surface area contributed by atoms with Crippen molar-refractivity contribution in [1.29, 1.82) is 0 Å². The van der Waals surface area contributed by atoms with E-state index in [2.05, 4.69) is 333 Å². The van der Waals surface area contributed by atoms with E-state index in [4.69, 9.17) is 4.74 Å². The first-order valence-corrected chi connectivity index (χ1v) is 50.4. The lowest BCUT2D eigenvalue weighted by Gasteiger charge is -2.25. The highest BCUT2D eigenvalue weighted by Crippen LogP contribution is 2.48. The smallest absolute Gasteiger partial charge is 0.426 e. The summed E-state index contributed by atoms with van der Waals surface area (Å²) >= 11 is 24.2. The molecule has 0 bridgehead atoms. The van der Waals surface area contributed by atoms with Crippen LogP contribution in [0.1, 0.15) is 50.8 Å². The Morgan fingerprint density at radius 2 is 0.759 bits per heavy atom. The second kappa shape index (κ2) is 47.0. The molecule has 17 nitrogen and oxygen atoms in total. The van der Waals surface area contributed by atoms with Gasteiger partial charge in [-0.3, -0.25) is 4.79 Å². The lowest BCUT2D eigenvalue weighted by atomic mass is 10.2. The van der Waals surface area contributed by atoms with Gasteiger partial charge in [0.1, 0.15) is 0 Å². The Labute approximate surface area is 776 Å². The molecule has 0 radical (unpaired) electrons. The van der Waals surface area contributed by atoms with E-state index in [0.717, 1.165) is 7.14 Å². The molecule has 618 valence electrons. The average Bonchev–Trinajstić information content (AvgIpc) is 1.60. The SMILES string of the molecule is CC(OC(=O)CCCOC(=O)c1c(I)ccc(I)c1I)C(F)(F)S(=O)(=O)[O-].O=C(OC(CS(=O)(=O)[O-])C(F)(F)F)c1c(Br)ccc(Br)c1Br.O=C(OC(CS(=O)(=O)[O-])C(F)(F)F)c1c(Br)ccc(Br)c1Br.c1ccc(-[s+]2c3ccccc3c3ccccc32)cc1.c1ccc([I+]c2ccccc2)cc1.c1ccc([I+]c2ccccc2)cc1. The zero-order valence-electron chi connectivity index (χ0n) is 58.5. The van der Waals surface area contributed by atoms with Crippen LogP contribution in [0.5, 0.6) is 0 Å². The van der Waals surface area contributed by atoms with Crippen molar-refractivity contribution in [1.82, 2.24) is 0 Å². The Morgan fingerprint density at radius 1 is 0.431 bits per heavy atom. The van der Waals surface area contributed by atoms with Crippen molar-refractivity contribution in [2.75, 3.05) is 18.1 Å². The summed E-state index contributed by atoms with van der Waals surface area (Å²) in [5, 5.41) is -1.94. The number of alkyl halides is 8. The van der Waals surface area contributed by atoms with Crippen LogP contribution in [0, 0.1) is 25.0 Å². The van der Waals surface area contributed by atoms with Gasteiger partial charge in [0.15, 0.2) is 44.8 Å². The van der Waals surface area contributed by atoms with Crippen molar-refractivity contribution in [3.8, 4) is 4.90 Å². The number of hydrogen-bond acceptors (Lipinski definition) is 17. The van der Waals surface area contributed by atoms with Crippen molar-refractivity contribution >= 4 is 248 Å². The topological polar surface area (TPSA) is 277 Å². The molecule has 11 rings (SSSR count). The van der Waals surface area contributed by atoms with E-state index in [1.165, 1.54) is 63.6 Å². The summed E-state index contributed by atoms with van der Waals surface area (Å²) in [6.07, 6.45) is -19.3. The van der Waals surface area contributed by atoms with E-state index in [1.807, 2.05) is 51.2 Å². The summed E-state index contributed by atoms with van der Waals surface area (Å²) in [6, 6.07) is 80.6. The van der Waals surface area contributed by atoms with Gasteiger partial charge in [0.25, 0.3) is 0 Å². The van der Waals surface area contributed by atoms with Crippen LogP contribution in [-0.2, 0) is 54.1 Å². The third kappa shape index (κ3) is 32.3. The molecule has 0 N–H and O–H groups in total. The first-order valence-electron chi connectivity index (χ1n) is 32.3. The van der Waals surface area contributed by atoms with Gasteiger partial charge in [-0.25, -0.2) is 39.6 Å². The monoisotopic (exact) mass is 2630 g/mol. The van der Waals surface area contributed by atoms with Gasteiger partial charge in [-0.15, -0.1) is 0 Å². The first kappa shape index (κ1) is 101. The van der Waals surface area contributed by atoms with Crippen molar-refractivity contribution in [2.24, 2.45) is 0 Å². The predicted molar refractivity (Wildman–Crippen MR) is 459 cm³/mol. The minimum absolute atomic E-state index is 0.0237. The molecule has 1 aromatic heterocycles. The maximum Gasteiger partial charge on any atom is 0.426 e. The number of carbonyl (C=O) groups excluding carboxylic acids is 4. The summed E-state index contributed by atoms with van der Waals surface area (Å²) in [6.45, 7) is 0.435. The van der Waals surface area contributed by atoms with Crippen LogP contribution >= 0.6 is 174 Å². The van der Waals surface area contributed by atoms with Crippen LogP contribution < -0.4 is 42.4 Å². The van der Waals surface area contributed by atoms with Crippen LogP contribution in [0.2, 0.25) is 0 Å². The minimum atomic E-state index is -5.96. The molecule has 0 aliphatic carbocycles. The van der Waals surface area contributed by atoms with E-state index in [0.29, 0.717) is 25.0 Å². The Kier molecular flexibility index (Phi) is 40.9. The summed E-state index contributed by atoms with van der Waals surface area (Å²) in [5.41, 5.74) is -0.182. The number of hydrogen-bond donors (Lipinski definition) is 0. The van der Waals surface area contributed by atoms with E-state index in [-0.39, 0.29) is 94.9 Å². The molecular weight excluding hydrogens is 2580 g/mol. The third-order valence-corrected chi connectivity index (χ3v) is 33.8. The molecule has 3 atom stereocenters. The summed E-state index contributed by atoms with van der Waals surface area (Å²) in [5.74, 6) is -8.40. The average molecular weight is 2630 g/mol. The van der Waals surface area contributed by atoms with E-state index in [1.54, 1.807) is 6.07 Å². The lowest BCUT2D eigenvalue weighted by molar-refractivity contribution is -0.597. The van der Waals surface area contributed by atoms with Gasteiger partial charge in [-0.1, -0.05) is 115 Å². The Bertz CT molecular complexity index is 5220. The van der Waals surface area contributed by atoms with Gasteiger partial charge in [0.2, 0.25) is 12.2 Å². The summed E-state index contributed by atoms with van der Waals surface area (Å²) < 4.78 is 227. The Balaban J connectivity index is 0.000000220. The maximum absolute atomic E-state index is 13.2. The summed E-state index contributed by atoms with van der Waals surface area (Å²) in [4.78, 5) is 48.8. The van der Waals surface area contributed by atoms with Crippen molar-refractivity contribution in [3.05, 3.63) is 305 Å². The fourth-order valence-electron chi connectivity index (χ4n) is 9.09. The fourth-order valence-corrected chi connectivity index (χ4v) is 23.3. The molecule has 0 amide bonds. The molecule has 10 aromatic carbocycles. The summed E-state index contributed by atoms with van der Waals surface area (Å²) in [7, 11) is -16.4. The van der Waals surface area contributed by atoms with Gasteiger partial charge in [0.05, 0.1) is 55.0 Å². The largest absolute Gasteiger partial charge is 0.748 e. The number of halogens is 19. The third-order valence-electron chi connectivity index (χ3n) is 14.4. The van der Waals surface area contributed by atoms with Gasteiger partial charge >= 0.3 is 83.9 Å². The maximum atomic E-state index is 13.2. The Hall–Kier alpha value is -4.00. The molecule has 0 fully saturated rings. The van der Waals surface area contributed by atoms with Gasteiger partial charge in [-0.2, -0.15) is 35.1 Å². The quantitative estimate of drug-likeness (QED) is 0.00944. The predicted octanol–water partition coefficient (Wildman–Crippen LogP) is 16.1. The van der Waals surface area contributed by atoms with Crippen molar-refractivity contribution in [2.45, 2.75) is 55.7 Å². The van der Waals surface area contributed by atoms with Crippen LogP contribution in [0.3, 0.4) is 0 Å². The molecule has 1 heterocycles. The normalized spacial score (nSPS) is 12.3. The van der Waals surface area contributed by atoms with Crippen LogP contribution in [0.25, 0.3) is 25.1 Å². The van der Waals surface area contributed by atoms with Crippen molar-refractivity contribution in [3.63, 3.8) is 0 Å². The number of ether oxygens (including phenoxy) is 4. The second-order valence-corrected chi connectivity index (χ2v) is 43.6. The van der Waals surface area contributed by atoms with Crippen LogP contribution in [-0.4, -0.2) is 117 Å². The molecule has 0 aliphatic rings. The highest BCUT2D eigenvalue weighted by molar-refractivity contribution is 14.1. The highest BCUT2D eigenvalue weighted by Gasteiger charge is 2.48. The van der Waals surface area contributed by atoms with Crippen LogP contribution in [0.15, 0.2) is 263 Å². The molecule has 0 saturated carbocycles. The standard InChI is InChI=1S/C18H13S.C14H13F2I3O7S.2C12H10I.2C10H6Br3F3O5S/c1-2-8-14(9-3-1)19-17-12-6-4-10-15(17)16-11-5-7-13-18(16)19;1-7(14(15,16)27(22,23)24)26-10(20)3-2-6-25-13(21)11-8(17)4-5-9(18)12(11)19;2*1-3-7-11(8-4-1)13-12-9-5-2-6-10-12;2*11-4-1-2-5(12)8(13)7(4)9(17)21-6(10(14,15)16)3-22(18,19)20/h1-13H;4-5,7H,2-3,6H2,1H3,(H,22,23,24);2*1-10H;2*1-2,6H,3H2,(H,18,19,20)/q+1;;2*+1;;/p-3. The zero-order chi connectivity index (χ0) is 86.1. The van der Waals surface area contributed by atoms with Gasteiger partial charge in [0, 0.05) is 65.2 Å². The molecule has 0 aliphatic heterocycles. The fraction of sp³-hybridized carbons (Fsp3) is 0.158. The molecule has 116 heavy (non-hydrogen) atoms. The molecule has 11 aromatic rings. The minimum Gasteiger partial charge on any atom is -0.748 e. The first-order chi connectivity index (χ1) is 54.3. The van der Waals surface area contributed by atoms with Gasteiger partial charge in [-0.05, 0) is 298 Å². The van der Waals surface area contributed by atoms with E-state index < -0.39 is 108 Å². The number of rotatable bonds is 21. The van der Waals surface area contributed by atoms with E-state index in [9.17, 15) is 93.2 Å². The second-order valence-electron chi connectivity index (χ2n) is 22.8. The highest BCUT2D eigenvalue weighted by atomic mass is 127. The van der Waals surface area contributed by atoms with E-state index >= 15 is 0 Å². The lowest BCUT2D eigenvalue weighted by Crippen LogP contribution is -3.61. The number of benzene rings is 10. The Morgan fingerprint density at radius 3 is 1.10 bits per heavy atom. The molecule has 40 heteroatoms. The number of esters is 4. The molecule has 0 spiro atoms. The number of thiophene rings is 1. The molecule has 0 saturated heterocycles. The van der Waals surface area contributed by atoms with Crippen molar-refractivity contribution < 1.29 is 155 Å². The zero-order valence-corrected chi connectivity index (χ0v) is 82.1. The molecule has 3 unspecified atom stereocenters. The van der Waals surface area contributed by atoms with Gasteiger partial charge < -0.3 is 32.6 Å². The molecular formula is C76H55Br6F8I5O17S4. The number of carbonyl (C=O) groups is 4. The van der Waals surface area contributed by atoms with Crippen LogP contribution in [0.4, 0.5) is 35.1 Å².